The van der Waals surface area contributed by atoms with Gasteiger partial charge in [0.05, 0.1) is 0 Å². The van der Waals surface area contributed by atoms with E-state index in [1.54, 1.807) is 6.20 Å². The Morgan fingerprint density at radius 3 is 2.76 bits per heavy atom. The first-order valence-corrected chi connectivity index (χ1v) is 6.38. The highest BCUT2D eigenvalue weighted by atomic mass is 15.3. The van der Waals surface area contributed by atoms with E-state index in [4.69, 9.17) is 5.84 Å². The summed E-state index contributed by atoms with van der Waals surface area (Å²) in [6.45, 7) is 7.73. The first-order valence-electron chi connectivity index (χ1n) is 6.38. The molecule has 1 aromatic heterocycles. The van der Waals surface area contributed by atoms with Crippen molar-refractivity contribution in [3.63, 3.8) is 0 Å². The van der Waals surface area contributed by atoms with E-state index >= 15 is 0 Å². The van der Waals surface area contributed by atoms with E-state index in [1.807, 2.05) is 12.1 Å². The van der Waals surface area contributed by atoms with E-state index in [2.05, 4.69) is 36.1 Å². The lowest BCUT2D eigenvalue weighted by Crippen LogP contribution is -2.31. The fourth-order valence-electron chi connectivity index (χ4n) is 1.89. The lowest BCUT2D eigenvalue weighted by molar-refractivity contribution is 0.626. The highest BCUT2D eigenvalue weighted by molar-refractivity contribution is 5.53. The van der Waals surface area contributed by atoms with Gasteiger partial charge in [0, 0.05) is 30.5 Å². The van der Waals surface area contributed by atoms with Gasteiger partial charge in [0.1, 0.15) is 5.82 Å². The number of anilines is 2. The van der Waals surface area contributed by atoms with Crippen LogP contribution in [0.3, 0.4) is 0 Å². The number of hydrazine groups is 1. The molecule has 1 aromatic rings. The first kappa shape index (κ1) is 13.8. The lowest BCUT2D eigenvalue weighted by atomic mass is 10.2. The minimum atomic E-state index is 0.486. The molecule has 3 N–H and O–H groups in total. The fourth-order valence-corrected chi connectivity index (χ4v) is 1.89. The third-order valence-corrected chi connectivity index (χ3v) is 2.85. The molecular formula is C13H24N4. The number of rotatable bonds is 7. The van der Waals surface area contributed by atoms with E-state index in [0.717, 1.165) is 6.54 Å². The average Bonchev–Trinajstić information content (AvgIpc) is 2.34. The Morgan fingerprint density at radius 1 is 1.41 bits per heavy atom. The molecule has 0 aromatic carbocycles. The van der Waals surface area contributed by atoms with Crippen LogP contribution in [0.4, 0.5) is 11.5 Å². The maximum Gasteiger partial charge on any atom is 0.141 e. The van der Waals surface area contributed by atoms with Gasteiger partial charge in [-0.25, -0.2) is 10.8 Å². The topological polar surface area (TPSA) is 54.2 Å². The molecule has 0 atom stereocenters. The summed E-state index contributed by atoms with van der Waals surface area (Å²) in [4.78, 5) is 6.52. The summed E-state index contributed by atoms with van der Waals surface area (Å²) in [6.07, 6.45) is 5.54. The molecule has 0 unspecified atom stereocenters. The van der Waals surface area contributed by atoms with Gasteiger partial charge in [0.15, 0.2) is 0 Å². The summed E-state index contributed by atoms with van der Waals surface area (Å²) in [5, 5.41) is 0. The first-order chi connectivity index (χ1) is 8.19. The van der Waals surface area contributed by atoms with Crippen LogP contribution in [-0.2, 0) is 0 Å². The number of unbranched alkanes of at least 4 members (excludes halogenated alkanes) is 2. The van der Waals surface area contributed by atoms with Crippen molar-refractivity contribution in [2.75, 3.05) is 16.9 Å². The summed E-state index contributed by atoms with van der Waals surface area (Å²) >= 11 is 0. The van der Waals surface area contributed by atoms with Crippen molar-refractivity contribution in [1.82, 2.24) is 4.98 Å². The van der Waals surface area contributed by atoms with Gasteiger partial charge in [-0.3, -0.25) is 0 Å². The third-order valence-electron chi connectivity index (χ3n) is 2.85. The quantitative estimate of drug-likeness (QED) is 0.434. The molecule has 0 radical (unpaired) electrons. The molecule has 4 nitrogen and oxygen atoms in total. The normalized spacial score (nSPS) is 10.6. The lowest BCUT2D eigenvalue weighted by Gasteiger charge is -2.29. The number of nitrogens with zero attached hydrogens (tertiary/aromatic N) is 2. The van der Waals surface area contributed by atoms with Crippen LogP contribution in [0.25, 0.3) is 0 Å². The average molecular weight is 236 g/mol. The number of nitrogen functional groups attached to an aromatic ring is 1. The molecule has 0 aliphatic carbocycles. The Bertz CT molecular complexity index is 325. The van der Waals surface area contributed by atoms with Gasteiger partial charge in [-0.2, -0.15) is 0 Å². The third kappa shape index (κ3) is 4.23. The van der Waals surface area contributed by atoms with Crippen molar-refractivity contribution in [1.29, 1.82) is 0 Å². The molecule has 96 valence electrons. The van der Waals surface area contributed by atoms with Gasteiger partial charge in [-0.1, -0.05) is 19.8 Å². The summed E-state index contributed by atoms with van der Waals surface area (Å²) in [7, 11) is 0. The second kappa shape index (κ2) is 7.12. The number of nitrogens with two attached hydrogens (primary N) is 1. The second-order valence-corrected chi connectivity index (χ2v) is 4.54. The van der Waals surface area contributed by atoms with Crippen LogP contribution in [-0.4, -0.2) is 17.6 Å². The van der Waals surface area contributed by atoms with Crippen molar-refractivity contribution < 1.29 is 0 Å². The minimum absolute atomic E-state index is 0.486. The predicted octanol–water partition coefficient (Wildman–Crippen LogP) is 2.77. The van der Waals surface area contributed by atoms with Gasteiger partial charge < -0.3 is 10.3 Å². The van der Waals surface area contributed by atoms with E-state index in [0.29, 0.717) is 11.9 Å². The van der Waals surface area contributed by atoms with Gasteiger partial charge >= 0.3 is 0 Å². The molecule has 0 bridgehead atoms. The van der Waals surface area contributed by atoms with Crippen molar-refractivity contribution in [3.8, 4) is 0 Å². The van der Waals surface area contributed by atoms with Crippen LogP contribution >= 0.6 is 0 Å². The second-order valence-electron chi connectivity index (χ2n) is 4.54. The molecule has 1 rings (SSSR count). The summed E-state index contributed by atoms with van der Waals surface area (Å²) in [5.74, 6) is 6.10. The van der Waals surface area contributed by atoms with Crippen molar-refractivity contribution in [3.05, 3.63) is 18.3 Å². The molecule has 0 saturated carbocycles. The molecular weight excluding hydrogens is 212 g/mol. The van der Waals surface area contributed by atoms with E-state index in [1.165, 1.54) is 24.9 Å². The van der Waals surface area contributed by atoms with Crippen LogP contribution in [0.15, 0.2) is 18.3 Å². The Hall–Kier alpha value is -1.29. The van der Waals surface area contributed by atoms with Crippen molar-refractivity contribution >= 4 is 11.5 Å². The van der Waals surface area contributed by atoms with Gasteiger partial charge in [-0.05, 0) is 26.3 Å². The minimum Gasteiger partial charge on any atom is -0.369 e. The highest BCUT2D eigenvalue weighted by Crippen LogP contribution is 2.20. The highest BCUT2D eigenvalue weighted by Gasteiger charge is 2.10. The molecule has 0 saturated heterocycles. The maximum atomic E-state index is 5.39. The zero-order valence-corrected chi connectivity index (χ0v) is 11.1. The molecule has 0 aliphatic heterocycles. The maximum absolute atomic E-state index is 5.39. The van der Waals surface area contributed by atoms with Gasteiger partial charge in [-0.15, -0.1) is 0 Å². The summed E-state index contributed by atoms with van der Waals surface area (Å²) in [6, 6.07) is 4.51. The Kier molecular flexibility index (Phi) is 5.77. The van der Waals surface area contributed by atoms with E-state index < -0.39 is 0 Å². The van der Waals surface area contributed by atoms with Crippen LogP contribution < -0.4 is 16.2 Å². The standard InChI is InChI=1S/C13H24N4/c1-4-5-6-9-17(11(2)3)12-7-8-15-13(10-12)16-14/h7-8,10-11H,4-6,9,14H2,1-3H3,(H,15,16). The van der Waals surface area contributed by atoms with Crippen molar-refractivity contribution in [2.24, 2.45) is 5.84 Å². The smallest absolute Gasteiger partial charge is 0.141 e. The molecule has 0 spiro atoms. The molecule has 0 aliphatic rings. The Balaban J connectivity index is 2.74. The largest absolute Gasteiger partial charge is 0.369 e. The summed E-state index contributed by atoms with van der Waals surface area (Å²) < 4.78 is 0. The molecule has 0 amide bonds. The number of aromatic nitrogens is 1. The molecule has 17 heavy (non-hydrogen) atoms. The number of hydrogen-bond acceptors (Lipinski definition) is 4. The molecule has 0 fully saturated rings. The van der Waals surface area contributed by atoms with E-state index in [-0.39, 0.29) is 0 Å². The number of hydrogen-bond donors (Lipinski definition) is 2. The number of pyridine rings is 1. The van der Waals surface area contributed by atoms with E-state index in [9.17, 15) is 0 Å². The van der Waals surface area contributed by atoms with Crippen molar-refractivity contribution in [2.45, 2.75) is 46.1 Å². The van der Waals surface area contributed by atoms with Crippen LogP contribution in [0, 0.1) is 0 Å². The van der Waals surface area contributed by atoms with Crippen LogP contribution in [0.2, 0.25) is 0 Å². The molecule has 4 heteroatoms. The van der Waals surface area contributed by atoms with Gasteiger partial charge in [0.25, 0.3) is 0 Å². The van der Waals surface area contributed by atoms with Crippen LogP contribution in [0.1, 0.15) is 40.0 Å². The number of nitrogens with one attached hydrogen (secondary N) is 1. The van der Waals surface area contributed by atoms with Crippen LogP contribution in [0.5, 0.6) is 0 Å². The zero-order valence-electron chi connectivity index (χ0n) is 11.1. The predicted molar refractivity (Wildman–Crippen MR) is 74.1 cm³/mol. The Morgan fingerprint density at radius 2 is 2.18 bits per heavy atom. The molecule has 1 heterocycles. The zero-order chi connectivity index (χ0) is 12.7. The fraction of sp³-hybridized carbons (Fsp3) is 0.615. The SMILES string of the molecule is CCCCCN(c1ccnc(NN)c1)C(C)C. The summed E-state index contributed by atoms with van der Waals surface area (Å²) in [5.41, 5.74) is 3.77. The monoisotopic (exact) mass is 236 g/mol. The van der Waals surface area contributed by atoms with Gasteiger partial charge in [0.2, 0.25) is 0 Å². The Labute approximate surface area is 104 Å².